The zero-order valence-electron chi connectivity index (χ0n) is 18.1. The van der Waals surface area contributed by atoms with Gasteiger partial charge in [0.15, 0.2) is 0 Å². The SMILES string of the molecule is O=C(O)CC(NC(=O)C(S)Cc1ccccc1)C(=O)NC(Cc1c[nH]c2ccccc12)C(=O)O. The number of thiol groups is 1. The van der Waals surface area contributed by atoms with E-state index in [9.17, 15) is 29.4 Å². The lowest BCUT2D eigenvalue weighted by Crippen LogP contribution is -2.54. The maximum Gasteiger partial charge on any atom is 0.326 e. The lowest BCUT2D eigenvalue weighted by Gasteiger charge is -2.22. The number of nitrogens with one attached hydrogen (secondary N) is 3. The highest BCUT2D eigenvalue weighted by Crippen LogP contribution is 2.19. The number of aliphatic carboxylic acids is 2. The molecule has 0 saturated heterocycles. The fourth-order valence-electron chi connectivity index (χ4n) is 3.57. The first kappa shape index (κ1) is 24.8. The van der Waals surface area contributed by atoms with Crippen molar-refractivity contribution in [2.45, 2.75) is 36.6 Å². The number of carbonyl (C=O) groups is 4. The summed E-state index contributed by atoms with van der Waals surface area (Å²) < 4.78 is 0. The van der Waals surface area contributed by atoms with Gasteiger partial charge in [0, 0.05) is 23.5 Å². The smallest absolute Gasteiger partial charge is 0.326 e. The molecular formula is C24H25N3O6S. The van der Waals surface area contributed by atoms with Crippen molar-refractivity contribution in [1.29, 1.82) is 0 Å². The molecule has 3 atom stereocenters. The highest BCUT2D eigenvalue weighted by Gasteiger charge is 2.30. The van der Waals surface area contributed by atoms with Gasteiger partial charge in [-0.2, -0.15) is 12.6 Å². The van der Waals surface area contributed by atoms with E-state index in [1.807, 2.05) is 54.6 Å². The van der Waals surface area contributed by atoms with Crippen LogP contribution in [0.2, 0.25) is 0 Å². The van der Waals surface area contributed by atoms with Gasteiger partial charge in [-0.05, 0) is 23.6 Å². The molecule has 0 bridgehead atoms. The van der Waals surface area contributed by atoms with Gasteiger partial charge in [-0.3, -0.25) is 14.4 Å². The molecule has 0 radical (unpaired) electrons. The predicted octanol–water partition coefficient (Wildman–Crippen LogP) is 1.78. The molecule has 0 aliphatic carbocycles. The van der Waals surface area contributed by atoms with Crippen molar-refractivity contribution in [3.05, 3.63) is 71.9 Å². The molecule has 34 heavy (non-hydrogen) atoms. The fraction of sp³-hybridized carbons (Fsp3) is 0.250. The largest absolute Gasteiger partial charge is 0.481 e. The van der Waals surface area contributed by atoms with Gasteiger partial charge in [0.1, 0.15) is 12.1 Å². The molecule has 3 aromatic rings. The quantitative estimate of drug-likeness (QED) is 0.229. The lowest BCUT2D eigenvalue weighted by molar-refractivity contribution is -0.143. The van der Waals surface area contributed by atoms with Gasteiger partial charge in [0.25, 0.3) is 0 Å². The number of hydrogen-bond donors (Lipinski definition) is 6. The van der Waals surface area contributed by atoms with Crippen molar-refractivity contribution < 1.29 is 29.4 Å². The lowest BCUT2D eigenvalue weighted by atomic mass is 10.0. The Balaban J connectivity index is 1.69. The third kappa shape index (κ3) is 6.61. The summed E-state index contributed by atoms with van der Waals surface area (Å²) >= 11 is 4.28. The third-order valence-corrected chi connectivity index (χ3v) is 5.72. The molecule has 9 nitrogen and oxygen atoms in total. The highest BCUT2D eigenvalue weighted by molar-refractivity contribution is 7.81. The number of fused-ring (bicyclic) bond motifs is 1. The Morgan fingerprint density at radius 1 is 0.853 bits per heavy atom. The third-order valence-electron chi connectivity index (χ3n) is 5.30. The van der Waals surface area contributed by atoms with Gasteiger partial charge >= 0.3 is 11.9 Å². The van der Waals surface area contributed by atoms with E-state index in [1.54, 1.807) is 6.20 Å². The molecule has 2 amide bonds. The topological polar surface area (TPSA) is 149 Å². The van der Waals surface area contributed by atoms with Crippen LogP contribution in [-0.4, -0.2) is 56.3 Å². The first-order chi connectivity index (χ1) is 16.2. The van der Waals surface area contributed by atoms with Crippen LogP contribution in [0.5, 0.6) is 0 Å². The highest BCUT2D eigenvalue weighted by atomic mass is 32.1. The Kier molecular flexibility index (Phi) is 8.31. The standard InChI is InChI=1S/C24H25N3O6S/c28-21(29)12-18(26-23(31)20(34)10-14-6-2-1-3-7-14)22(30)27-19(24(32)33)11-15-13-25-17-9-5-4-8-16(15)17/h1-9,13,18-20,25,34H,10-12H2,(H,26,31)(H,27,30)(H,28,29)(H,32,33). The summed E-state index contributed by atoms with van der Waals surface area (Å²) in [4.78, 5) is 51.6. The van der Waals surface area contributed by atoms with Crippen LogP contribution < -0.4 is 10.6 Å². The van der Waals surface area contributed by atoms with E-state index in [1.165, 1.54) is 0 Å². The van der Waals surface area contributed by atoms with Gasteiger partial charge in [0.05, 0.1) is 11.7 Å². The van der Waals surface area contributed by atoms with Crippen molar-refractivity contribution in [2.24, 2.45) is 0 Å². The van der Waals surface area contributed by atoms with E-state index in [2.05, 4.69) is 28.2 Å². The molecule has 0 saturated carbocycles. The molecule has 0 spiro atoms. The van der Waals surface area contributed by atoms with Crippen LogP contribution >= 0.6 is 12.6 Å². The Bertz CT molecular complexity index is 1180. The van der Waals surface area contributed by atoms with Crippen molar-refractivity contribution in [3.8, 4) is 0 Å². The number of hydrogen-bond acceptors (Lipinski definition) is 5. The minimum absolute atomic E-state index is 0.0258. The van der Waals surface area contributed by atoms with Crippen LogP contribution in [0.4, 0.5) is 0 Å². The minimum atomic E-state index is -1.46. The van der Waals surface area contributed by atoms with E-state index in [4.69, 9.17) is 0 Å². The molecule has 0 aliphatic rings. The molecule has 0 aliphatic heterocycles. The number of amides is 2. The van der Waals surface area contributed by atoms with E-state index in [0.717, 1.165) is 16.5 Å². The van der Waals surface area contributed by atoms with Gasteiger partial charge in [-0.25, -0.2) is 4.79 Å². The summed E-state index contributed by atoms with van der Waals surface area (Å²) in [6.45, 7) is 0. The Hall–Kier alpha value is -3.79. The van der Waals surface area contributed by atoms with Crippen molar-refractivity contribution in [1.82, 2.24) is 15.6 Å². The molecule has 178 valence electrons. The molecule has 0 fully saturated rings. The predicted molar refractivity (Wildman–Crippen MR) is 129 cm³/mol. The van der Waals surface area contributed by atoms with Crippen LogP contribution in [0.1, 0.15) is 17.5 Å². The zero-order valence-corrected chi connectivity index (χ0v) is 19.0. The summed E-state index contributed by atoms with van der Waals surface area (Å²) in [6.07, 6.45) is 1.21. The number of para-hydroxylation sites is 1. The normalized spacial score (nSPS) is 13.6. The number of carboxylic acids is 2. The summed E-state index contributed by atoms with van der Waals surface area (Å²) in [5.74, 6) is -4.13. The Morgan fingerprint density at radius 3 is 2.18 bits per heavy atom. The minimum Gasteiger partial charge on any atom is -0.481 e. The van der Waals surface area contributed by atoms with Gasteiger partial charge < -0.3 is 25.8 Å². The van der Waals surface area contributed by atoms with Gasteiger partial charge in [0.2, 0.25) is 11.8 Å². The number of carboxylic acid groups (broad SMARTS) is 2. The van der Waals surface area contributed by atoms with Crippen LogP contribution in [0.3, 0.4) is 0 Å². The number of H-pyrrole nitrogens is 1. The van der Waals surface area contributed by atoms with Crippen LogP contribution in [0.25, 0.3) is 10.9 Å². The number of aromatic amines is 1. The molecule has 5 N–H and O–H groups in total. The van der Waals surface area contributed by atoms with Crippen molar-refractivity contribution in [2.75, 3.05) is 0 Å². The molecule has 1 aromatic heterocycles. The summed E-state index contributed by atoms with van der Waals surface area (Å²) in [5.41, 5.74) is 2.35. The van der Waals surface area contributed by atoms with Crippen molar-refractivity contribution >= 4 is 47.3 Å². The second-order valence-corrected chi connectivity index (χ2v) is 8.45. The van der Waals surface area contributed by atoms with E-state index in [0.29, 0.717) is 5.56 Å². The number of aromatic nitrogens is 1. The summed E-state index contributed by atoms with van der Waals surface area (Å²) in [7, 11) is 0. The summed E-state index contributed by atoms with van der Waals surface area (Å²) in [5, 5.41) is 23.6. The second kappa shape index (κ2) is 11.4. The molecule has 2 aromatic carbocycles. The van der Waals surface area contributed by atoms with Crippen LogP contribution in [0.15, 0.2) is 60.8 Å². The fourth-order valence-corrected chi connectivity index (χ4v) is 3.86. The Labute approximate surface area is 201 Å². The van der Waals surface area contributed by atoms with E-state index >= 15 is 0 Å². The second-order valence-electron chi connectivity index (χ2n) is 7.83. The van der Waals surface area contributed by atoms with Gasteiger partial charge in [-0.1, -0.05) is 48.5 Å². The number of rotatable bonds is 11. The average Bonchev–Trinajstić information content (AvgIpc) is 3.21. The van der Waals surface area contributed by atoms with Crippen molar-refractivity contribution in [3.63, 3.8) is 0 Å². The maximum absolute atomic E-state index is 12.8. The zero-order chi connectivity index (χ0) is 24.7. The average molecular weight is 484 g/mol. The molecule has 3 rings (SSSR count). The molecule has 1 heterocycles. The van der Waals surface area contributed by atoms with E-state index in [-0.39, 0.29) is 12.8 Å². The summed E-state index contributed by atoms with van der Waals surface area (Å²) in [6, 6.07) is 13.6. The number of benzene rings is 2. The van der Waals surface area contributed by atoms with Crippen LogP contribution in [0, 0.1) is 0 Å². The number of carbonyl (C=O) groups excluding carboxylic acids is 2. The molecular weight excluding hydrogens is 458 g/mol. The first-order valence-electron chi connectivity index (χ1n) is 10.6. The Morgan fingerprint density at radius 2 is 1.50 bits per heavy atom. The van der Waals surface area contributed by atoms with E-state index < -0.39 is 47.5 Å². The van der Waals surface area contributed by atoms with Gasteiger partial charge in [-0.15, -0.1) is 0 Å². The molecule has 10 heteroatoms. The maximum atomic E-state index is 12.8. The monoisotopic (exact) mass is 483 g/mol. The first-order valence-corrected chi connectivity index (χ1v) is 11.1. The van der Waals surface area contributed by atoms with Crippen LogP contribution in [-0.2, 0) is 32.0 Å². The molecule has 3 unspecified atom stereocenters.